The fraction of sp³-hybridized carbons (Fsp3) is 0.538. The molecule has 16 heavy (non-hydrogen) atoms. The number of aliphatic hydroxyl groups is 1. The molecule has 1 aromatic rings. The predicted octanol–water partition coefficient (Wildman–Crippen LogP) is 3.31. The van der Waals surface area contributed by atoms with Crippen LogP contribution in [0.2, 0.25) is 5.02 Å². The molecule has 0 heterocycles. The van der Waals surface area contributed by atoms with E-state index in [0.717, 1.165) is 24.3 Å². The molecule has 0 radical (unpaired) electrons. The smallest absolute Gasteiger partial charge is 0.0702 e. The molecule has 0 fully saturated rings. The lowest BCUT2D eigenvalue weighted by molar-refractivity contribution is 0.282. The molecule has 0 atom stereocenters. The van der Waals surface area contributed by atoms with Gasteiger partial charge in [0.2, 0.25) is 0 Å². The number of hydrogen-bond donors (Lipinski definition) is 1. The van der Waals surface area contributed by atoms with Crippen LogP contribution in [0.3, 0.4) is 0 Å². The quantitative estimate of drug-likeness (QED) is 0.855. The number of benzene rings is 1. The lowest BCUT2D eigenvalue weighted by Crippen LogP contribution is -2.28. The summed E-state index contributed by atoms with van der Waals surface area (Å²) in [6, 6.07) is 5.69. The van der Waals surface area contributed by atoms with Crippen molar-refractivity contribution < 1.29 is 5.11 Å². The van der Waals surface area contributed by atoms with E-state index in [1.807, 2.05) is 18.2 Å². The molecule has 0 bridgehead atoms. The molecule has 90 valence electrons. The Morgan fingerprint density at radius 3 is 2.56 bits per heavy atom. The van der Waals surface area contributed by atoms with Gasteiger partial charge in [-0.3, -0.25) is 0 Å². The van der Waals surface area contributed by atoms with Crippen molar-refractivity contribution in [2.75, 3.05) is 18.0 Å². The molecule has 0 spiro atoms. The van der Waals surface area contributed by atoms with E-state index in [9.17, 15) is 5.11 Å². The van der Waals surface area contributed by atoms with Gasteiger partial charge in [-0.05, 0) is 31.0 Å². The summed E-state index contributed by atoms with van der Waals surface area (Å²) in [6.45, 7) is 8.47. The van der Waals surface area contributed by atoms with Crippen LogP contribution in [-0.2, 0) is 6.61 Å². The van der Waals surface area contributed by atoms with Crippen molar-refractivity contribution in [2.24, 2.45) is 5.92 Å². The van der Waals surface area contributed by atoms with Crippen LogP contribution in [0.1, 0.15) is 26.3 Å². The molecule has 0 aliphatic carbocycles. The van der Waals surface area contributed by atoms with Crippen molar-refractivity contribution in [3.8, 4) is 0 Å². The zero-order chi connectivity index (χ0) is 12.1. The third-order valence-corrected chi connectivity index (χ3v) is 2.75. The molecule has 0 amide bonds. The van der Waals surface area contributed by atoms with Crippen LogP contribution < -0.4 is 4.90 Å². The Morgan fingerprint density at radius 2 is 2.06 bits per heavy atom. The molecule has 1 rings (SSSR count). The number of anilines is 1. The third-order valence-electron chi connectivity index (χ3n) is 2.52. The van der Waals surface area contributed by atoms with Gasteiger partial charge in [0.25, 0.3) is 0 Å². The summed E-state index contributed by atoms with van der Waals surface area (Å²) < 4.78 is 0. The molecule has 0 unspecified atom stereocenters. The zero-order valence-electron chi connectivity index (χ0n) is 10.2. The van der Waals surface area contributed by atoms with Crippen molar-refractivity contribution in [1.82, 2.24) is 0 Å². The lowest BCUT2D eigenvalue weighted by atomic mass is 10.1. The normalized spacial score (nSPS) is 10.9. The summed E-state index contributed by atoms with van der Waals surface area (Å²) in [6.07, 6.45) is 0. The average Bonchev–Trinajstić information content (AvgIpc) is 2.25. The monoisotopic (exact) mass is 241 g/mol. The van der Waals surface area contributed by atoms with E-state index in [-0.39, 0.29) is 6.61 Å². The van der Waals surface area contributed by atoms with Crippen LogP contribution in [0.5, 0.6) is 0 Å². The van der Waals surface area contributed by atoms with Gasteiger partial charge in [-0.15, -0.1) is 0 Å². The highest BCUT2D eigenvalue weighted by Gasteiger charge is 2.11. The third kappa shape index (κ3) is 3.39. The molecule has 0 saturated heterocycles. The average molecular weight is 242 g/mol. The minimum atomic E-state index is 0.0322. The molecule has 2 nitrogen and oxygen atoms in total. The highest BCUT2D eigenvalue weighted by Crippen LogP contribution is 2.25. The summed E-state index contributed by atoms with van der Waals surface area (Å²) in [7, 11) is 0. The number of hydrogen-bond acceptors (Lipinski definition) is 2. The largest absolute Gasteiger partial charge is 0.392 e. The second kappa shape index (κ2) is 6.12. The predicted molar refractivity (Wildman–Crippen MR) is 70.1 cm³/mol. The second-order valence-corrected chi connectivity index (χ2v) is 4.80. The highest BCUT2D eigenvalue weighted by molar-refractivity contribution is 6.30. The molecule has 0 saturated carbocycles. The fourth-order valence-electron chi connectivity index (χ4n) is 1.83. The maximum atomic E-state index is 9.34. The molecule has 1 aromatic carbocycles. The van der Waals surface area contributed by atoms with E-state index < -0.39 is 0 Å². The SMILES string of the molecule is CCN(CC(C)C)c1ccc(Cl)cc1CO. The van der Waals surface area contributed by atoms with Crippen LogP contribution in [0.25, 0.3) is 0 Å². The van der Waals surface area contributed by atoms with E-state index in [0.29, 0.717) is 10.9 Å². The van der Waals surface area contributed by atoms with Crippen LogP contribution in [0.4, 0.5) is 5.69 Å². The molecule has 0 aliphatic rings. The van der Waals surface area contributed by atoms with Gasteiger partial charge >= 0.3 is 0 Å². The van der Waals surface area contributed by atoms with Crippen LogP contribution in [0, 0.1) is 5.92 Å². The van der Waals surface area contributed by atoms with Gasteiger partial charge in [-0.1, -0.05) is 25.4 Å². The van der Waals surface area contributed by atoms with Gasteiger partial charge in [0.05, 0.1) is 6.61 Å². The van der Waals surface area contributed by atoms with Crippen LogP contribution in [0.15, 0.2) is 18.2 Å². The van der Waals surface area contributed by atoms with Gasteiger partial charge in [0.15, 0.2) is 0 Å². The first-order chi connectivity index (χ1) is 7.58. The van der Waals surface area contributed by atoms with Gasteiger partial charge in [-0.25, -0.2) is 0 Å². The number of rotatable bonds is 5. The second-order valence-electron chi connectivity index (χ2n) is 4.36. The fourth-order valence-corrected chi connectivity index (χ4v) is 2.02. The Hall–Kier alpha value is -0.730. The standard InChI is InChI=1S/C13H20ClNO/c1-4-15(8-10(2)3)13-6-5-12(14)7-11(13)9-16/h5-7,10,16H,4,8-9H2,1-3H3. The summed E-state index contributed by atoms with van der Waals surface area (Å²) in [5, 5.41) is 10.0. The van der Waals surface area contributed by atoms with Crippen molar-refractivity contribution in [3.05, 3.63) is 28.8 Å². The van der Waals surface area contributed by atoms with E-state index in [4.69, 9.17) is 11.6 Å². The van der Waals surface area contributed by atoms with Gasteiger partial charge in [0, 0.05) is 29.4 Å². The summed E-state index contributed by atoms with van der Waals surface area (Å²) in [5.74, 6) is 0.599. The molecule has 0 aliphatic heterocycles. The van der Waals surface area contributed by atoms with Gasteiger partial charge in [-0.2, -0.15) is 0 Å². The van der Waals surface area contributed by atoms with Crippen LogP contribution in [-0.4, -0.2) is 18.2 Å². The zero-order valence-corrected chi connectivity index (χ0v) is 11.0. The Bertz CT molecular complexity index is 339. The maximum absolute atomic E-state index is 9.34. The summed E-state index contributed by atoms with van der Waals surface area (Å²) in [5.41, 5.74) is 1.98. The first-order valence-corrected chi connectivity index (χ1v) is 6.10. The molecule has 1 N–H and O–H groups in total. The van der Waals surface area contributed by atoms with E-state index in [2.05, 4.69) is 25.7 Å². The Morgan fingerprint density at radius 1 is 1.38 bits per heavy atom. The van der Waals surface area contributed by atoms with Crippen molar-refractivity contribution >= 4 is 17.3 Å². The Labute approximate surface area is 103 Å². The van der Waals surface area contributed by atoms with Gasteiger partial charge < -0.3 is 10.0 Å². The van der Waals surface area contributed by atoms with Crippen LogP contribution >= 0.6 is 11.6 Å². The topological polar surface area (TPSA) is 23.5 Å². The van der Waals surface area contributed by atoms with Crippen molar-refractivity contribution in [3.63, 3.8) is 0 Å². The number of nitrogens with zero attached hydrogens (tertiary/aromatic N) is 1. The van der Waals surface area contributed by atoms with E-state index >= 15 is 0 Å². The van der Waals surface area contributed by atoms with Crippen molar-refractivity contribution in [1.29, 1.82) is 0 Å². The minimum Gasteiger partial charge on any atom is -0.392 e. The molecular weight excluding hydrogens is 222 g/mol. The van der Waals surface area contributed by atoms with Gasteiger partial charge in [0.1, 0.15) is 0 Å². The van der Waals surface area contributed by atoms with E-state index in [1.165, 1.54) is 0 Å². The minimum absolute atomic E-state index is 0.0322. The van der Waals surface area contributed by atoms with E-state index in [1.54, 1.807) is 0 Å². The number of aliphatic hydroxyl groups excluding tert-OH is 1. The Balaban J connectivity index is 2.99. The number of halogens is 1. The molecule has 0 aromatic heterocycles. The highest BCUT2D eigenvalue weighted by atomic mass is 35.5. The lowest BCUT2D eigenvalue weighted by Gasteiger charge is -2.27. The molecular formula is C13H20ClNO. The summed E-state index contributed by atoms with van der Waals surface area (Å²) in [4.78, 5) is 2.27. The first-order valence-electron chi connectivity index (χ1n) is 5.72. The molecule has 3 heteroatoms. The summed E-state index contributed by atoms with van der Waals surface area (Å²) >= 11 is 5.92. The first kappa shape index (κ1) is 13.3. The Kier molecular flexibility index (Phi) is 5.10. The van der Waals surface area contributed by atoms with Crippen molar-refractivity contribution in [2.45, 2.75) is 27.4 Å². The maximum Gasteiger partial charge on any atom is 0.0702 e.